The van der Waals surface area contributed by atoms with Crippen molar-refractivity contribution in [2.45, 2.75) is 24.1 Å². The van der Waals surface area contributed by atoms with Crippen LogP contribution in [0.25, 0.3) is 0 Å². The van der Waals surface area contributed by atoms with Gasteiger partial charge >= 0.3 is 0 Å². The average molecular weight is 283 g/mol. The Labute approximate surface area is 115 Å². The minimum Gasteiger partial charge on any atom is -0.385 e. The van der Waals surface area contributed by atoms with E-state index in [0.717, 1.165) is 11.1 Å². The molecule has 0 bridgehead atoms. The Bertz CT molecular complexity index is 527. The second-order valence-electron chi connectivity index (χ2n) is 4.92. The van der Waals surface area contributed by atoms with Crippen molar-refractivity contribution < 1.29 is 13.2 Å². The predicted octanol–water partition coefficient (Wildman–Crippen LogP) is 1.32. The third-order valence-electron chi connectivity index (χ3n) is 3.73. The van der Waals surface area contributed by atoms with Gasteiger partial charge in [0.25, 0.3) is 0 Å². The first-order chi connectivity index (χ1) is 9.10. The molecular weight excluding hydrogens is 262 g/mol. The molecule has 5 heteroatoms. The Balaban J connectivity index is 2.18. The molecule has 0 heterocycles. The lowest BCUT2D eigenvalue weighted by Gasteiger charge is -2.20. The Kier molecular flexibility index (Phi) is 4.60. The summed E-state index contributed by atoms with van der Waals surface area (Å²) in [4.78, 5) is 0. The van der Waals surface area contributed by atoms with E-state index in [2.05, 4.69) is 5.32 Å². The van der Waals surface area contributed by atoms with Gasteiger partial charge < -0.3 is 10.1 Å². The van der Waals surface area contributed by atoms with Gasteiger partial charge in [0.2, 0.25) is 0 Å². The first-order valence-corrected chi connectivity index (χ1v) is 8.27. The quantitative estimate of drug-likeness (QED) is 0.800. The number of ether oxygens (including phenoxy) is 1. The summed E-state index contributed by atoms with van der Waals surface area (Å²) in [6.45, 7) is 0.489. The summed E-state index contributed by atoms with van der Waals surface area (Å²) in [7, 11) is 0.312. The summed E-state index contributed by atoms with van der Waals surface area (Å²) in [5, 5.41) is 2.80. The molecule has 0 fully saturated rings. The molecule has 0 saturated carbocycles. The lowest BCUT2D eigenvalue weighted by atomic mass is 10.1. The van der Waals surface area contributed by atoms with Gasteiger partial charge in [-0.3, -0.25) is 0 Å². The molecule has 1 aromatic carbocycles. The van der Waals surface area contributed by atoms with Crippen LogP contribution in [-0.2, 0) is 21.0 Å². The molecule has 0 saturated heterocycles. The predicted molar refractivity (Wildman–Crippen MR) is 76.0 cm³/mol. The highest BCUT2D eigenvalue weighted by atomic mass is 32.2. The highest BCUT2D eigenvalue weighted by Crippen LogP contribution is 2.35. The maximum absolute atomic E-state index is 12.4. The van der Waals surface area contributed by atoms with Gasteiger partial charge in [-0.05, 0) is 31.0 Å². The molecule has 1 N–H and O–H groups in total. The topological polar surface area (TPSA) is 55.4 Å². The molecule has 2 unspecified atom stereocenters. The fourth-order valence-corrected chi connectivity index (χ4v) is 4.74. The number of hydrogen-bond acceptors (Lipinski definition) is 4. The summed E-state index contributed by atoms with van der Waals surface area (Å²) in [5.74, 6) is 0.192. The first-order valence-electron chi connectivity index (χ1n) is 6.55. The Morgan fingerprint density at radius 3 is 2.79 bits per heavy atom. The zero-order valence-corrected chi connectivity index (χ0v) is 12.2. The molecule has 19 heavy (non-hydrogen) atoms. The summed E-state index contributed by atoms with van der Waals surface area (Å²) >= 11 is 0. The normalized spacial score (nSPS) is 22.4. The van der Waals surface area contributed by atoms with Crippen LogP contribution in [0.5, 0.6) is 0 Å². The van der Waals surface area contributed by atoms with E-state index in [9.17, 15) is 8.42 Å². The molecule has 0 aliphatic heterocycles. The Hall–Kier alpha value is -0.910. The first kappa shape index (κ1) is 14.5. The lowest BCUT2D eigenvalue weighted by molar-refractivity contribution is 0.199. The third-order valence-corrected chi connectivity index (χ3v) is 5.95. The van der Waals surface area contributed by atoms with E-state index in [4.69, 9.17) is 4.74 Å². The summed E-state index contributed by atoms with van der Waals surface area (Å²) in [5.41, 5.74) is 2.26. The molecule has 1 aliphatic rings. The molecular formula is C14H21NO3S. The van der Waals surface area contributed by atoms with Crippen LogP contribution in [-0.4, -0.2) is 40.2 Å². The van der Waals surface area contributed by atoms with E-state index in [1.807, 2.05) is 31.3 Å². The van der Waals surface area contributed by atoms with Crippen LogP contribution in [0.15, 0.2) is 24.3 Å². The van der Waals surface area contributed by atoms with E-state index < -0.39 is 9.84 Å². The van der Waals surface area contributed by atoms with Crippen molar-refractivity contribution in [2.75, 3.05) is 26.5 Å². The van der Waals surface area contributed by atoms with Crippen LogP contribution in [0.4, 0.5) is 0 Å². The Morgan fingerprint density at radius 1 is 1.37 bits per heavy atom. The van der Waals surface area contributed by atoms with Gasteiger partial charge in [0.15, 0.2) is 9.84 Å². The van der Waals surface area contributed by atoms with Crippen molar-refractivity contribution in [3.05, 3.63) is 35.4 Å². The van der Waals surface area contributed by atoms with E-state index in [-0.39, 0.29) is 17.0 Å². The van der Waals surface area contributed by atoms with Crippen molar-refractivity contribution in [3.8, 4) is 0 Å². The van der Waals surface area contributed by atoms with Gasteiger partial charge in [0.1, 0.15) is 0 Å². The number of methoxy groups -OCH3 is 1. The molecule has 1 aromatic rings. The number of fused-ring (bicyclic) bond motifs is 1. The average Bonchev–Trinajstić information content (AvgIpc) is 2.78. The number of rotatable bonds is 6. The fourth-order valence-electron chi connectivity index (χ4n) is 2.79. The van der Waals surface area contributed by atoms with Gasteiger partial charge in [-0.25, -0.2) is 8.42 Å². The molecule has 1 aliphatic carbocycles. The second-order valence-corrected chi connectivity index (χ2v) is 7.26. The van der Waals surface area contributed by atoms with Gasteiger partial charge in [0.05, 0.1) is 11.0 Å². The second kappa shape index (κ2) is 6.03. The molecule has 2 rings (SSSR count). The van der Waals surface area contributed by atoms with E-state index in [1.165, 1.54) is 0 Å². The van der Waals surface area contributed by atoms with Crippen molar-refractivity contribution in [1.29, 1.82) is 0 Å². The monoisotopic (exact) mass is 283 g/mol. The molecule has 0 spiro atoms. The van der Waals surface area contributed by atoms with Crippen molar-refractivity contribution in [3.63, 3.8) is 0 Å². The smallest absolute Gasteiger partial charge is 0.155 e. The number of nitrogens with one attached hydrogen (secondary N) is 1. The molecule has 2 atom stereocenters. The number of sulfone groups is 1. The number of hydrogen-bond donors (Lipinski definition) is 1. The fraction of sp³-hybridized carbons (Fsp3) is 0.571. The largest absolute Gasteiger partial charge is 0.385 e. The van der Waals surface area contributed by atoms with E-state index in [0.29, 0.717) is 19.4 Å². The maximum atomic E-state index is 12.4. The molecule has 0 radical (unpaired) electrons. The van der Waals surface area contributed by atoms with Gasteiger partial charge in [-0.1, -0.05) is 24.3 Å². The van der Waals surface area contributed by atoms with Crippen LogP contribution in [0, 0.1) is 0 Å². The van der Waals surface area contributed by atoms with Crippen molar-refractivity contribution in [1.82, 2.24) is 5.32 Å². The van der Waals surface area contributed by atoms with Crippen LogP contribution in [0.2, 0.25) is 0 Å². The number of benzene rings is 1. The van der Waals surface area contributed by atoms with E-state index >= 15 is 0 Å². The standard InChI is InChI=1S/C14H21NO3S/c1-15-14-12-7-4-3-6-11(12)10-13(14)19(16,17)9-5-8-18-2/h3-4,6-7,13-15H,5,8-10H2,1-2H3. The third kappa shape index (κ3) is 2.99. The highest BCUT2D eigenvalue weighted by Gasteiger charge is 2.39. The minimum atomic E-state index is -3.10. The molecule has 106 valence electrons. The van der Waals surface area contributed by atoms with E-state index in [1.54, 1.807) is 7.11 Å². The molecule has 0 amide bonds. The lowest BCUT2D eigenvalue weighted by Crippen LogP contribution is -2.34. The van der Waals surface area contributed by atoms with Gasteiger partial charge in [0, 0.05) is 19.8 Å². The Morgan fingerprint density at radius 2 is 2.11 bits per heavy atom. The molecule has 0 aromatic heterocycles. The van der Waals surface area contributed by atoms with Crippen LogP contribution < -0.4 is 5.32 Å². The van der Waals surface area contributed by atoms with Crippen molar-refractivity contribution in [2.24, 2.45) is 0 Å². The van der Waals surface area contributed by atoms with Crippen LogP contribution in [0.3, 0.4) is 0 Å². The minimum absolute atomic E-state index is 0.0938. The molecule has 4 nitrogen and oxygen atoms in total. The van der Waals surface area contributed by atoms with Crippen LogP contribution >= 0.6 is 0 Å². The zero-order valence-electron chi connectivity index (χ0n) is 11.4. The van der Waals surface area contributed by atoms with Crippen molar-refractivity contribution >= 4 is 9.84 Å². The van der Waals surface area contributed by atoms with Gasteiger partial charge in [-0.2, -0.15) is 0 Å². The SMILES string of the molecule is CNC1c2ccccc2CC1S(=O)(=O)CCCOC. The van der Waals surface area contributed by atoms with Crippen LogP contribution in [0.1, 0.15) is 23.6 Å². The summed E-state index contributed by atoms with van der Waals surface area (Å²) in [6.07, 6.45) is 1.17. The highest BCUT2D eigenvalue weighted by molar-refractivity contribution is 7.92. The van der Waals surface area contributed by atoms with Gasteiger partial charge in [-0.15, -0.1) is 0 Å². The summed E-state index contributed by atoms with van der Waals surface area (Å²) < 4.78 is 29.8. The zero-order chi connectivity index (χ0) is 13.9. The maximum Gasteiger partial charge on any atom is 0.155 e. The summed E-state index contributed by atoms with van der Waals surface area (Å²) in [6, 6.07) is 7.86.